The lowest BCUT2D eigenvalue weighted by Gasteiger charge is -2.14. The number of H-pyrrole nitrogens is 1. The Bertz CT molecular complexity index is 1580. The third-order valence-electron chi connectivity index (χ3n) is 5.52. The number of hydrogen-bond acceptors (Lipinski definition) is 5. The van der Waals surface area contributed by atoms with Gasteiger partial charge in [-0.3, -0.25) is 4.98 Å². The Morgan fingerprint density at radius 3 is 2.51 bits per heavy atom. The number of carbonyl (C=O) groups excluding carboxylic acids is 1. The van der Waals surface area contributed by atoms with Gasteiger partial charge in [0.1, 0.15) is 5.52 Å². The summed E-state index contributed by atoms with van der Waals surface area (Å²) in [6.45, 7) is 1.89. The van der Waals surface area contributed by atoms with E-state index in [2.05, 4.69) is 35.9 Å². The minimum atomic E-state index is -4.51. The Balaban J connectivity index is 1.38. The zero-order chi connectivity index (χ0) is 26.0. The highest BCUT2D eigenvalue weighted by atomic mass is 19.4. The van der Waals surface area contributed by atoms with E-state index in [9.17, 15) is 18.0 Å². The summed E-state index contributed by atoms with van der Waals surface area (Å²) in [5.74, 6) is 1.03. The van der Waals surface area contributed by atoms with Gasteiger partial charge in [-0.25, -0.2) is 14.8 Å². The second-order valence-electron chi connectivity index (χ2n) is 8.19. The number of hydrogen-bond donors (Lipinski definition) is 4. The van der Waals surface area contributed by atoms with Crippen molar-refractivity contribution in [2.24, 2.45) is 0 Å². The minimum Gasteiger partial charge on any atom is -0.357 e. The summed E-state index contributed by atoms with van der Waals surface area (Å²) in [6, 6.07) is 14.5. The topological polar surface area (TPSA) is 108 Å². The van der Waals surface area contributed by atoms with E-state index in [4.69, 9.17) is 0 Å². The Morgan fingerprint density at radius 2 is 1.76 bits per heavy atom. The molecule has 0 atom stereocenters. The van der Waals surface area contributed by atoms with Crippen LogP contribution in [0.1, 0.15) is 11.1 Å². The van der Waals surface area contributed by atoms with Crippen LogP contribution in [0.25, 0.3) is 22.4 Å². The summed E-state index contributed by atoms with van der Waals surface area (Å²) in [4.78, 5) is 29.0. The van der Waals surface area contributed by atoms with Crippen LogP contribution in [0.2, 0.25) is 0 Å². The molecule has 8 nitrogen and oxygen atoms in total. The van der Waals surface area contributed by atoms with E-state index >= 15 is 0 Å². The number of fused-ring (bicyclic) bond motifs is 1. The number of aromatic nitrogens is 4. The van der Waals surface area contributed by atoms with E-state index in [0.717, 1.165) is 23.3 Å². The zero-order valence-electron chi connectivity index (χ0n) is 19.4. The van der Waals surface area contributed by atoms with E-state index in [0.29, 0.717) is 34.1 Å². The highest BCUT2D eigenvalue weighted by Crippen LogP contribution is 2.31. The van der Waals surface area contributed by atoms with Gasteiger partial charge in [-0.05, 0) is 61.0 Å². The number of benzene rings is 2. The lowest BCUT2D eigenvalue weighted by Crippen LogP contribution is -2.20. The molecule has 11 heteroatoms. The van der Waals surface area contributed by atoms with Gasteiger partial charge in [-0.15, -0.1) is 0 Å². The summed E-state index contributed by atoms with van der Waals surface area (Å²) >= 11 is 0. The number of carbonyl (C=O) groups is 1. The van der Waals surface area contributed by atoms with Crippen molar-refractivity contribution in [3.63, 3.8) is 0 Å². The molecular formula is C26H20F3N7O. The number of aryl methyl sites for hydroxylation is 1. The number of nitrogens with one attached hydrogen (secondary N) is 4. The number of urea groups is 1. The number of rotatable bonds is 5. The Labute approximate surface area is 209 Å². The van der Waals surface area contributed by atoms with Gasteiger partial charge in [0, 0.05) is 41.2 Å². The van der Waals surface area contributed by atoms with E-state index in [1.54, 1.807) is 42.9 Å². The molecule has 0 bridgehead atoms. The minimum absolute atomic E-state index is 0.0239. The van der Waals surface area contributed by atoms with Crippen LogP contribution < -0.4 is 16.0 Å². The molecule has 3 aromatic heterocycles. The van der Waals surface area contributed by atoms with Gasteiger partial charge in [0.15, 0.2) is 11.6 Å². The monoisotopic (exact) mass is 503 g/mol. The van der Waals surface area contributed by atoms with Gasteiger partial charge < -0.3 is 20.9 Å². The second kappa shape index (κ2) is 9.61. The first-order valence-corrected chi connectivity index (χ1v) is 11.1. The molecule has 0 spiro atoms. The molecule has 5 aromatic rings. The van der Waals surface area contributed by atoms with Crippen LogP contribution in [-0.4, -0.2) is 26.0 Å². The van der Waals surface area contributed by atoms with Crippen LogP contribution in [0.15, 0.2) is 79.3 Å². The molecule has 3 heterocycles. The fourth-order valence-electron chi connectivity index (χ4n) is 3.69. The Kier molecular flexibility index (Phi) is 6.18. The highest BCUT2D eigenvalue weighted by Gasteiger charge is 2.30. The van der Waals surface area contributed by atoms with Crippen molar-refractivity contribution < 1.29 is 18.0 Å². The molecule has 0 saturated heterocycles. The van der Waals surface area contributed by atoms with Crippen molar-refractivity contribution in [2.75, 3.05) is 16.0 Å². The van der Waals surface area contributed by atoms with Gasteiger partial charge in [-0.1, -0.05) is 12.1 Å². The van der Waals surface area contributed by atoms with E-state index in [-0.39, 0.29) is 5.69 Å². The van der Waals surface area contributed by atoms with E-state index in [1.807, 2.05) is 19.1 Å². The van der Waals surface area contributed by atoms with Gasteiger partial charge >= 0.3 is 12.2 Å². The average Bonchev–Trinajstić information content (AvgIpc) is 3.35. The van der Waals surface area contributed by atoms with Gasteiger partial charge in [-0.2, -0.15) is 13.2 Å². The van der Waals surface area contributed by atoms with Crippen molar-refractivity contribution in [3.8, 4) is 11.4 Å². The van der Waals surface area contributed by atoms with E-state index in [1.165, 1.54) is 12.1 Å². The van der Waals surface area contributed by atoms with E-state index < -0.39 is 17.8 Å². The first-order valence-electron chi connectivity index (χ1n) is 11.1. The van der Waals surface area contributed by atoms with Crippen molar-refractivity contribution in [2.45, 2.75) is 13.1 Å². The van der Waals surface area contributed by atoms with Gasteiger partial charge in [0.2, 0.25) is 0 Å². The fraction of sp³-hybridized carbons (Fsp3) is 0.0769. The normalized spacial score (nSPS) is 11.4. The number of alkyl halides is 3. The van der Waals surface area contributed by atoms with Crippen molar-refractivity contribution in [1.82, 2.24) is 19.9 Å². The lowest BCUT2D eigenvalue weighted by molar-refractivity contribution is -0.137. The van der Waals surface area contributed by atoms with Crippen molar-refractivity contribution >= 4 is 39.9 Å². The molecule has 2 amide bonds. The molecular weight excluding hydrogens is 483 g/mol. The predicted molar refractivity (Wildman–Crippen MR) is 136 cm³/mol. The maximum absolute atomic E-state index is 13.0. The third kappa shape index (κ3) is 5.35. The Morgan fingerprint density at radius 1 is 0.946 bits per heavy atom. The van der Waals surface area contributed by atoms with Crippen LogP contribution in [0.5, 0.6) is 0 Å². The van der Waals surface area contributed by atoms with Crippen LogP contribution in [-0.2, 0) is 6.18 Å². The first-order chi connectivity index (χ1) is 17.8. The number of nitrogens with zero attached hydrogens (tertiary/aromatic N) is 3. The smallest absolute Gasteiger partial charge is 0.357 e. The maximum atomic E-state index is 13.0. The maximum Gasteiger partial charge on any atom is 0.416 e. The summed E-state index contributed by atoms with van der Waals surface area (Å²) in [5.41, 5.74) is 3.33. The summed E-state index contributed by atoms with van der Waals surface area (Å²) in [7, 11) is 0. The molecule has 0 unspecified atom stereocenters. The molecule has 0 aliphatic rings. The molecule has 5 rings (SSSR count). The third-order valence-corrected chi connectivity index (χ3v) is 5.52. The van der Waals surface area contributed by atoms with Crippen LogP contribution in [0.3, 0.4) is 0 Å². The van der Waals surface area contributed by atoms with Crippen molar-refractivity contribution in [3.05, 3.63) is 90.4 Å². The molecule has 0 fully saturated rings. The molecule has 0 radical (unpaired) electrons. The van der Waals surface area contributed by atoms with Crippen LogP contribution >= 0.6 is 0 Å². The zero-order valence-corrected chi connectivity index (χ0v) is 19.4. The summed E-state index contributed by atoms with van der Waals surface area (Å²) in [6.07, 6.45) is 0.605. The number of halogens is 3. The Hall–Kier alpha value is -4.93. The van der Waals surface area contributed by atoms with Crippen LogP contribution in [0, 0.1) is 6.92 Å². The van der Waals surface area contributed by atoms with Gasteiger partial charge in [0.05, 0.1) is 11.1 Å². The number of anilines is 4. The summed E-state index contributed by atoms with van der Waals surface area (Å²) < 4.78 is 38.9. The fourth-order valence-corrected chi connectivity index (χ4v) is 3.69. The second-order valence-corrected chi connectivity index (χ2v) is 8.19. The molecule has 0 aliphatic carbocycles. The average molecular weight is 503 g/mol. The predicted octanol–water partition coefficient (Wildman–Crippen LogP) is 6.73. The molecule has 4 N–H and O–H groups in total. The molecule has 0 aliphatic heterocycles. The summed E-state index contributed by atoms with van der Waals surface area (Å²) in [5, 5.41) is 8.38. The molecule has 186 valence electrons. The number of pyridine rings is 1. The number of aromatic amines is 1. The highest BCUT2D eigenvalue weighted by molar-refractivity contribution is 6.00. The van der Waals surface area contributed by atoms with Gasteiger partial charge in [0.25, 0.3) is 0 Å². The van der Waals surface area contributed by atoms with Crippen LogP contribution in [0.4, 0.5) is 40.8 Å². The molecule has 0 saturated carbocycles. The van der Waals surface area contributed by atoms with Crippen molar-refractivity contribution in [1.29, 1.82) is 0 Å². The SMILES string of the molecule is Cc1ccc(NC(=O)Nc2cccc(C(F)(F)F)c2)cc1Nc1nc(-c2cccnc2)nc2cc[nH]c12. The molecule has 2 aromatic carbocycles. The quantitative estimate of drug-likeness (QED) is 0.213. The first kappa shape index (κ1) is 23.8. The standard InChI is InChI=1S/C26H20F3N7O/c1-15-7-8-19(33-25(37)32-18-6-2-5-17(12-18)26(27,28)29)13-21(15)35-24-22-20(9-11-31-22)34-23(36-24)16-4-3-10-30-14-16/h2-14,31H,1H3,(H2,32,33,37)(H,34,35,36). The number of amides is 2. The lowest BCUT2D eigenvalue weighted by atomic mass is 10.1. The molecule has 37 heavy (non-hydrogen) atoms. The largest absolute Gasteiger partial charge is 0.416 e.